The first-order valence-corrected chi connectivity index (χ1v) is 7.73. The maximum Gasteiger partial charge on any atom is 0.304 e. The Morgan fingerprint density at radius 2 is 1.90 bits per heavy atom. The molecule has 1 aromatic carbocycles. The summed E-state index contributed by atoms with van der Waals surface area (Å²) in [5.74, 6) is -0.743. The smallest absolute Gasteiger partial charge is 0.304 e. The van der Waals surface area contributed by atoms with Crippen molar-refractivity contribution < 1.29 is 9.90 Å². The fourth-order valence-electron chi connectivity index (χ4n) is 2.91. The Balaban J connectivity index is 1.95. The predicted octanol–water partition coefficient (Wildman–Crippen LogP) is 3.65. The second kappa shape index (κ2) is 7.65. The van der Waals surface area contributed by atoms with E-state index < -0.39 is 5.97 Å². The van der Waals surface area contributed by atoms with Gasteiger partial charge in [0.15, 0.2) is 0 Å². The molecule has 110 valence electrons. The van der Waals surface area contributed by atoms with E-state index in [1.54, 1.807) is 0 Å². The molecule has 1 aromatic rings. The van der Waals surface area contributed by atoms with Crippen molar-refractivity contribution in [3.8, 4) is 0 Å². The highest BCUT2D eigenvalue weighted by atomic mass is 35.5. The molecule has 1 saturated carbocycles. The number of hydrogen-bond acceptors (Lipinski definition) is 2. The first-order valence-electron chi connectivity index (χ1n) is 7.36. The largest absolute Gasteiger partial charge is 0.481 e. The minimum atomic E-state index is -0.743. The SMILES string of the molecule is O=C(O)CC(Cc1ccc(Cl)cc1)NC1CCCCC1. The van der Waals surface area contributed by atoms with Crippen LogP contribution in [0.25, 0.3) is 0 Å². The Morgan fingerprint density at radius 1 is 1.25 bits per heavy atom. The molecule has 4 heteroatoms. The topological polar surface area (TPSA) is 49.3 Å². The molecule has 0 aromatic heterocycles. The predicted molar refractivity (Wildman–Crippen MR) is 81.2 cm³/mol. The number of aliphatic carboxylic acids is 1. The number of carboxylic acid groups (broad SMARTS) is 1. The number of benzene rings is 1. The van der Waals surface area contributed by atoms with E-state index in [-0.39, 0.29) is 12.5 Å². The van der Waals surface area contributed by atoms with Gasteiger partial charge in [-0.25, -0.2) is 0 Å². The summed E-state index contributed by atoms with van der Waals surface area (Å²) >= 11 is 5.88. The molecule has 1 atom stereocenters. The van der Waals surface area contributed by atoms with Gasteiger partial charge in [0.1, 0.15) is 0 Å². The molecule has 20 heavy (non-hydrogen) atoms. The summed E-state index contributed by atoms with van der Waals surface area (Å²) in [6, 6.07) is 8.13. The molecule has 0 amide bonds. The van der Waals surface area contributed by atoms with E-state index >= 15 is 0 Å². The third-order valence-electron chi connectivity index (χ3n) is 3.89. The Bertz CT molecular complexity index is 427. The maximum absolute atomic E-state index is 11.0. The molecule has 2 rings (SSSR count). The van der Waals surface area contributed by atoms with Gasteiger partial charge in [-0.3, -0.25) is 4.79 Å². The molecule has 0 saturated heterocycles. The Hall–Kier alpha value is -1.06. The molecule has 0 radical (unpaired) electrons. The summed E-state index contributed by atoms with van der Waals surface area (Å²) in [5.41, 5.74) is 1.13. The number of carbonyl (C=O) groups is 1. The van der Waals surface area contributed by atoms with Gasteiger partial charge in [0, 0.05) is 17.1 Å². The van der Waals surface area contributed by atoms with Crippen molar-refractivity contribution in [2.75, 3.05) is 0 Å². The third-order valence-corrected chi connectivity index (χ3v) is 4.14. The molecule has 0 spiro atoms. The van der Waals surface area contributed by atoms with Crippen LogP contribution in [0.4, 0.5) is 0 Å². The maximum atomic E-state index is 11.0. The molecule has 1 aliphatic carbocycles. The first-order chi connectivity index (χ1) is 9.63. The Kier molecular flexibility index (Phi) is 5.86. The molecule has 0 heterocycles. The summed E-state index contributed by atoms with van der Waals surface area (Å²) < 4.78 is 0. The molecule has 1 unspecified atom stereocenters. The summed E-state index contributed by atoms with van der Waals surface area (Å²) in [5, 5.41) is 13.3. The van der Waals surface area contributed by atoms with Gasteiger partial charge >= 0.3 is 5.97 Å². The summed E-state index contributed by atoms with van der Waals surface area (Å²) in [6.45, 7) is 0. The molecule has 0 aliphatic heterocycles. The van der Waals surface area contributed by atoms with Gasteiger partial charge in [0.25, 0.3) is 0 Å². The average Bonchev–Trinajstić information content (AvgIpc) is 2.42. The van der Waals surface area contributed by atoms with Crippen LogP contribution in [0.3, 0.4) is 0 Å². The quantitative estimate of drug-likeness (QED) is 0.842. The van der Waals surface area contributed by atoms with Crippen LogP contribution in [0.5, 0.6) is 0 Å². The summed E-state index contributed by atoms with van der Waals surface area (Å²) in [4.78, 5) is 11.0. The number of halogens is 1. The lowest BCUT2D eigenvalue weighted by molar-refractivity contribution is -0.137. The van der Waals surface area contributed by atoms with E-state index in [9.17, 15) is 4.79 Å². The molecule has 1 fully saturated rings. The van der Waals surface area contributed by atoms with Crippen LogP contribution in [0.15, 0.2) is 24.3 Å². The highest BCUT2D eigenvalue weighted by Crippen LogP contribution is 2.19. The zero-order valence-electron chi connectivity index (χ0n) is 11.6. The monoisotopic (exact) mass is 295 g/mol. The van der Waals surface area contributed by atoms with Crippen LogP contribution in [-0.4, -0.2) is 23.2 Å². The van der Waals surface area contributed by atoms with E-state index in [0.29, 0.717) is 11.1 Å². The summed E-state index contributed by atoms with van der Waals surface area (Å²) in [6.07, 6.45) is 7.03. The lowest BCUT2D eigenvalue weighted by Crippen LogP contribution is -2.41. The molecule has 3 nitrogen and oxygen atoms in total. The molecule has 2 N–H and O–H groups in total. The van der Waals surface area contributed by atoms with Crippen molar-refractivity contribution in [2.45, 2.75) is 57.0 Å². The van der Waals surface area contributed by atoms with Crippen LogP contribution in [0.1, 0.15) is 44.1 Å². The minimum Gasteiger partial charge on any atom is -0.481 e. The fraction of sp³-hybridized carbons (Fsp3) is 0.562. The highest BCUT2D eigenvalue weighted by molar-refractivity contribution is 6.30. The molecular weight excluding hydrogens is 274 g/mol. The van der Waals surface area contributed by atoms with Crippen molar-refractivity contribution in [3.05, 3.63) is 34.9 Å². The average molecular weight is 296 g/mol. The molecule has 0 bridgehead atoms. The van der Waals surface area contributed by atoms with Crippen molar-refractivity contribution >= 4 is 17.6 Å². The van der Waals surface area contributed by atoms with Crippen LogP contribution >= 0.6 is 11.6 Å². The van der Waals surface area contributed by atoms with Gasteiger partial charge in [-0.1, -0.05) is 43.0 Å². The zero-order chi connectivity index (χ0) is 14.4. The van der Waals surface area contributed by atoms with Crippen LogP contribution in [-0.2, 0) is 11.2 Å². The van der Waals surface area contributed by atoms with Crippen LogP contribution in [0.2, 0.25) is 5.02 Å². The van der Waals surface area contributed by atoms with Crippen LogP contribution in [0, 0.1) is 0 Å². The lowest BCUT2D eigenvalue weighted by atomic mass is 9.93. The van der Waals surface area contributed by atoms with Crippen molar-refractivity contribution in [1.82, 2.24) is 5.32 Å². The van der Waals surface area contributed by atoms with E-state index in [4.69, 9.17) is 16.7 Å². The second-order valence-corrected chi connectivity index (χ2v) is 6.06. The number of carboxylic acids is 1. The van der Waals surface area contributed by atoms with Gasteiger partial charge in [-0.05, 0) is 37.0 Å². The van der Waals surface area contributed by atoms with E-state index in [0.717, 1.165) is 24.8 Å². The van der Waals surface area contributed by atoms with E-state index in [2.05, 4.69) is 5.32 Å². The van der Waals surface area contributed by atoms with Gasteiger partial charge in [-0.2, -0.15) is 0 Å². The Morgan fingerprint density at radius 3 is 2.50 bits per heavy atom. The standard InChI is InChI=1S/C16H22ClNO2/c17-13-8-6-12(7-9-13)10-15(11-16(19)20)18-14-4-2-1-3-5-14/h6-9,14-15,18H,1-5,10-11H2,(H,19,20). The first kappa shape index (κ1) is 15.3. The Labute approximate surface area is 125 Å². The van der Waals surface area contributed by atoms with Crippen molar-refractivity contribution in [1.29, 1.82) is 0 Å². The normalized spacial score (nSPS) is 17.9. The summed E-state index contributed by atoms with van der Waals surface area (Å²) in [7, 11) is 0. The van der Waals surface area contributed by atoms with E-state index in [1.807, 2.05) is 24.3 Å². The number of nitrogens with one attached hydrogen (secondary N) is 1. The van der Waals surface area contributed by atoms with Crippen molar-refractivity contribution in [3.63, 3.8) is 0 Å². The van der Waals surface area contributed by atoms with Gasteiger partial charge in [0.2, 0.25) is 0 Å². The minimum absolute atomic E-state index is 0.00299. The van der Waals surface area contributed by atoms with Gasteiger partial charge < -0.3 is 10.4 Å². The van der Waals surface area contributed by atoms with Crippen LogP contribution < -0.4 is 5.32 Å². The zero-order valence-corrected chi connectivity index (χ0v) is 12.4. The molecular formula is C16H22ClNO2. The fourth-order valence-corrected chi connectivity index (χ4v) is 3.03. The second-order valence-electron chi connectivity index (χ2n) is 5.63. The van der Waals surface area contributed by atoms with Gasteiger partial charge in [-0.15, -0.1) is 0 Å². The molecule has 1 aliphatic rings. The highest BCUT2D eigenvalue weighted by Gasteiger charge is 2.20. The van der Waals surface area contributed by atoms with E-state index in [1.165, 1.54) is 19.3 Å². The number of hydrogen-bond donors (Lipinski definition) is 2. The lowest BCUT2D eigenvalue weighted by Gasteiger charge is -2.28. The van der Waals surface area contributed by atoms with Gasteiger partial charge in [0.05, 0.1) is 6.42 Å². The van der Waals surface area contributed by atoms with Crippen molar-refractivity contribution in [2.24, 2.45) is 0 Å². The third kappa shape index (κ3) is 5.14. The number of rotatable bonds is 6.